The molecular formula is C19H26N2O3. The number of carbonyl (C=O) groups excluding carboxylic acids is 1. The monoisotopic (exact) mass is 330 g/mol. The zero-order valence-corrected chi connectivity index (χ0v) is 14.8. The first-order valence-electron chi connectivity index (χ1n) is 8.27. The van der Waals surface area contributed by atoms with Crippen LogP contribution in [0.5, 0.6) is 0 Å². The molecule has 0 spiro atoms. The minimum atomic E-state index is -0.614. The SMILES string of the molecule is CC(C)c1ccc(-c2cnc(CCC(=O)NC(C)(C)CO)o2)cc1. The number of carbonyl (C=O) groups is 1. The van der Waals surface area contributed by atoms with Crippen LogP contribution in [0.2, 0.25) is 0 Å². The Morgan fingerprint density at radius 2 is 1.96 bits per heavy atom. The van der Waals surface area contributed by atoms with Gasteiger partial charge in [-0.2, -0.15) is 0 Å². The van der Waals surface area contributed by atoms with E-state index in [1.54, 1.807) is 20.0 Å². The summed E-state index contributed by atoms with van der Waals surface area (Å²) in [4.78, 5) is 16.1. The van der Waals surface area contributed by atoms with Gasteiger partial charge in [0.15, 0.2) is 11.7 Å². The maximum absolute atomic E-state index is 11.9. The first-order chi connectivity index (χ1) is 11.3. The van der Waals surface area contributed by atoms with Crippen LogP contribution in [0.1, 0.15) is 51.5 Å². The maximum Gasteiger partial charge on any atom is 0.221 e. The van der Waals surface area contributed by atoms with E-state index in [1.807, 2.05) is 12.1 Å². The van der Waals surface area contributed by atoms with E-state index in [-0.39, 0.29) is 18.9 Å². The Hall–Kier alpha value is -2.14. The highest BCUT2D eigenvalue weighted by atomic mass is 16.4. The van der Waals surface area contributed by atoms with Crippen LogP contribution in [-0.2, 0) is 11.2 Å². The van der Waals surface area contributed by atoms with E-state index in [1.165, 1.54) is 5.56 Å². The quantitative estimate of drug-likeness (QED) is 0.817. The molecule has 0 aliphatic rings. The normalized spacial score (nSPS) is 11.8. The van der Waals surface area contributed by atoms with E-state index in [0.717, 1.165) is 5.56 Å². The summed E-state index contributed by atoms with van der Waals surface area (Å²) in [7, 11) is 0. The van der Waals surface area contributed by atoms with Gasteiger partial charge in [0.1, 0.15) is 0 Å². The Morgan fingerprint density at radius 1 is 1.29 bits per heavy atom. The Morgan fingerprint density at radius 3 is 2.54 bits per heavy atom. The number of nitrogens with zero attached hydrogens (tertiary/aromatic N) is 1. The first-order valence-corrected chi connectivity index (χ1v) is 8.27. The fourth-order valence-corrected chi connectivity index (χ4v) is 2.29. The lowest BCUT2D eigenvalue weighted by molar-refractivity contribution is -0.123. The summed E-state index contributed by atoms with van der Waals surface area (Å²) in [5.74, 6) is 1.60. The number of amides is 1. The number of aryl methyl sites for hydroxylation is 1. The summed E-state index contributed by atoms with van der Waals surface area (Å²) in [6.45, 7) is 7.76. The second kappa shape index (κ2) is 7.62. The summed E-state index contributed by atoms with van der Waals surface area (Å²) < 4.78 is 5.74. The van der Waals surface area contributed by atoms with E-state index in [9.17, 15) is 4.79 Å². The van der Waals surface area contributed by atoms with Crippen molar-refractivity contribution in [3.05, 3.63) is 41.9 Å². The molecule has 2 rings (SSSR count). The number of rotatable bonds is 7. The predicted molar refractivity (Wildman–Crippen MR) is 93.7 cm³/mol. The van der Waals surface area contributed by atoms with Crippen molar-refractivity contribution in [1.82, 2.24) is 10.3 Å². The molecule has 1 aromatic heterocycles. The highest BCUT2D eigenvalue weighted by Gasteiger charge is 2.19. The Labute approximate surface area is 143 Å². The van der Waals surface area contributed by atoms with Gasteiger partial charge in [0.2, 0.25) is 5.91 Å². The van der Waals surface area contributed by atoms with Gasteiger partial charge >= 0.3 is 0 Å². The molecule has 1 aromatic carbocycles. The molecule has 24 heavy (non-hydrogen) atoms. The van der Waals surface area contributed by atoms with E-state index in [0.29, 0.717) is 24.0 Å². The molecule has 130 valence electrons. The Balaban J connectivity index is 1.94. The van der Waals surface area contributed by atoms with E-state index in [4.69, 9.17) is 9.52 Å². The number of aromatic nitrogens is 1. The van der Waals surface area contributed by atoms with Gasteiger partial charge in [-0.15, -0.1) is 0 Å². The summed E-state index contributed by atoms with van der Waals surface area (Å²) in [5, 5.41) is 11.9. The zero-order chi connectivity index (χ0) is 17.7. The van der Waals surface area contributed by atoms with Crippen molar-refractivity contribution < 1.29 is 14.3 Å². The van der Waals surface area contributed by atoms with Crippen molar-refractivity contribution in [2.75, 3.05) is 6.61 Å². The molecule has 2 N–H and O–H groups in total. The third-order valence-electron chi connectivity index (χ3n) is 3.85. The third-order valence-corrected chi connectivity index (χ3v) is 3.85. The van der Waals surface area contributed by atoms with Crippen LogP contribution in [0, 0.1) is 0 Å². The third kappa shape index (κ3) is 4.93. The van der Waals surface area contributed by atoms with E-state index < -0.39 is 5.54 Å². The molecule has 1 heterocycles. The smallest absolute Gasteiger partial charge is 0.221 e. The second-order valence-electron chi connectivity index (χ2n) is 6.99. The lowest BCUT2D eigenvalue weighted by atomic mass is 10.0. The molecule has 0 saturated heterocycles. The van der Waals surface area contributed by atoms with Crippen molar-refractivity contribution in [1.29, 1.82) is 0 Å². The van der Waals surface area contributed by atoms with Crippen molar-refractivity contribution in [2.24, 2.45) is 0 Å². The van der Waals surface area contributed by atoms with Crippen molar-refractivity contribution in [3.63, 3.8) is 0 Å². The van der Waals surface area contributed by atoms with Gasteiger partial charge < -0.3 is 14.8 Å². The lowest BCUT2D eigenvalue weighted by Crippen LogP contribution is -2.46. The van der Waals surface area contributed by atoms with Crippen LogP contribution in [-0.4, -0.2) is 28.1 Å². The van der Waals surface area contributed by atoms with Gasteiger partial charge in [-0.25, -0.2) is 4.98 Å². The molecule has 5 heteroatoms. The van der Waals surface area contributed by atoms with Gasteiger partial charge in [-0.05, 0) is 25.3 Å². The van der Waals surface area contributed by atoms with E-state index >= 15 is 0 Å². The molecular weight excluding hydrogens is 304 g/mol. The molecule has 0 atom stereocenters. The number of nitrogens with one attached hydrogen (secondary N) is 1. The van der Waals surface area contributed by atoms with Crippen molar-refractivity contribution in [3.8, 4) is 11.3 Å². The number of oxazole rings is 1. The zero-order valence-electron chi connectivity index (χ0n) is 14.8. The lowest BCUT2D eigenvalue weighted by Gasteiger charge is -2.23. The molecule has 0 unspecified atom stereocenters. The Kier molecular flexibility index (Phi) is 5.78. The molecule has 0 radical (unpaired) electrons. The van der Waals surface area contributed by atoms with Gasteiger partial charge in [-0.3, -0.25) is 4.79 Å². The van der Waals surface area contributed by atoms with E-state index in [2.05, 4.69) is 36.3 Å². The summed E-state index contributed by atoms with van der Waals surface area (Å²) >= 11 is 0. The maximum atomic E-state index is 11.9. The molecule has 1 amide bonds. The number of aliphatic hydroxyl groups excluding tert-OH is 1. The second-order valence-corrected chi connectivity index (χ2v) is 6.99. The summed E-state index contributed by atoms with van der Waals surface area (Å²) in [6, 6.07) is 8.23. The highest BCUT2D eigenvalue weighted by molar-refractivity contribution is 5.76. The van der Waals surface area contributed by atoms with Crippen LogP contribution in [0.3, 0.4) is 0 Å². The highest BCUT2D eigenvalue weighted by Crippen LogP contribution is 2.23. The van der Waals surface area contributed by atoms with Gasteiger partial charge in [0, 0.05) is 18.4 Å². The number of aliphatic hydroxyl groups is 1. The molecule has 0 saturated carbocycles. The minimum Gasteiger partial charge on any atom is -0.441 e. The van der Waals surface area contributed by atoms with Crippen LogP contribution in [0.15, 0.2) is 34.9 Å². The molecule has 0 aliphatic carbocycles. The largest absolute Gasteiger partial charge is 0.441 e. The predicted octanol–water partition coefficient (Wildman–Crippen LogP) is 3.28. The average Bonchev–Trinajstić information content (AvgIpc) is 3.01. The van der Waals surface area contributed by atoms with Gasteiger partial charge in [0.05, 0.1) is 18.3 Å². The Bertz CT molecular complexity index is 672. The standard InChI is InChI=1S/C19H26N2O3/c1-13(2)14-5-7-15(8-6-14)16-11-20-18(24-16)10-9-17(23)21-19(3,4)12-22/h5-8,11,13,22H,9-10,12H2,1-4H3,(H,21,23). The summed E-state index contributed by atoms with van der Waals surface area (Å²) in [5.41, 5.74) is 1.64. The molecule has 5 nitrogen and oxygen atoms in total. The minimum absolute atomic E-state index is 0.103. The van der Waals surface area contributed by atoms with Crippen LogP contribution in [0.25, 0.3) is 11.3 Å². The number of hydrogen-bond donors (Lipinski definition) is 2. The van der Waals surface area contributed by atoms with Crippen molar-refractivity contribution >= 4 is 5.91 Å². The van der Waals surface area contributed by atoms with Crippen LogP contribution < -0.4 is 5.32 Å². The fraction of sp³-hybridized carbons (Fsp3) is 0.474. The first kappa shape index (κ1) is 18.2. The average molecular weight is 330 g/mol. The van der Waals surface area contributed by atoms with Crippen molar-refractivity contribution in [2.45, 2.75) is 52.0 Å². The van der Waals surface area contributed by atoms with Crippen LogP contribution >= 0.6 is 0 Å². The van der Waals surface area contributed by atoms with Gasteiger partial charge in [-0.1, -0.05) is 38.1 Å². The molecule has 2 aromatic rings. The van der Waals surface area contributed by atoms with Gasteiger partial charge in [0.25, 0.3) is 0 Å². The molecule has 0 aliphatic heterocycles. The molecule has 0 fully saturated rings. The fourth-order valence-electron chi connectivity index (χ4n) is 2.29. The topological polar surface area (TPSA) is 75.4 Å². The number of hydrogen-bond acceptors (Lipinski definition) is 4. The molecule has 0 bridgehead atoms. The number of benzene rings is 1. The van der Waals surface area contributed by atoms with Crippen LogP contribution in [0.4, 0.5) is 0 Å². The summed E-state index contributed by atoms with van der Waals surface area (Å²) in [6.07, 6.45) is 2.39.